The Morgan fingerprint density at radius 3 is 2.28 bits per heavy atom. The SMILES string of the molecule is Cc1ccc(OC(=S)O[C@H]2[C@@H](O)[C@@H](CO)O[C@H](Oc3ccc(Cl)cc3)[C@@H]2O)cc1. The molecule has 9 heteroatoms. The van der Waals surface area contributed by atoms with Crippen molar-refractivity contribution in [3.63, 3.8) is 0 Å². The number of halogens is 1. The van der Waals surface area contributed by atoms with Crippen LogP contribution in [0.4, 0.5) is 0 Å². The highest BCUT2D eigenvalue weighted by Crippen LogP contribution is 2.27. The number of hydrogen-bond donors (Lipinski definition) is 3. The van der Waals surface area contributed by atoms with Gasteiger partial charge in [-0.3, -0.25) is 0 Å². The molecule has 1 aliphatic rings. The van der Waals surface area contributed by atoms with E-state index in [2.05, 4.69) is 0 Å². The number of hydrogen-bond acceptors (Lipinski definition) is 8. The van der Waals surface area contributed by atoms with Gasteiger partial charge in [-0.25, -0.2) is 0 Å². The Morgan fingerprint density at radius 2 is 1.66 bits per heavy atom. The molecule has 29 heavy (non-hydrogen) atoms. The van der Waals surface area contributed by atoms with Crippen LogP contribution in [0, 0.1) is 6.92 Å². The van der Waals surface area contributed by atoms with Crippen molar-refractivity contribution >= 4 is 29.1 Å². The minimum atomic E-state index is -1.41. The van der Waals surface area contributed by atoms with Crippen LogP contribution in [0.15, 0.2) is 48.5 Å². The molecule has 2 aromatic carbocycles. The Labute approximate surface area is 178 Å². The predicted octanol–water partition coefficient (Wildman–Crippen LogP) is 2.22. The van der Waals surface area contributed by atoms with Crippen molar-refractivity contribution in [3.05, 3.63) is 59.1 Å². The zero-order valence-corrected chi connectivity index (χ0v) is 17.0. The summed E-state index contributed by atoms with van der Waals surface area (Å²) < 4.78 is 22.0. The lowest BCUT2D eigenvalue weighted by atomic mass is 9.99. The second kappa shape index (κ2) is 9.71. The molecule has 0 bridgehead atoms. The van der Waals surface area contributed by atoms with E-state index in [0.29, 0.717) is 16.5 Å². The highest BCUT2D eigenvalue weighted by molar-refractivity contribution is 7.79. The van der Waals surface area contributed by atoms with Crippen molar-refractivity contribution in [1.82, 2.24) is 0 Å². The third-order valence-electron chi connectivity index (χ3n) is 4.34. The lowest BCUT2D eigenvalue weighted by Crippen LogP contribution is -2.61. The zero-order valence-electron chi connectivity index (χ0n) is 15.5. The average Bonchev–Trinajstić information content (AvgIpc) is 2.70. The van der Waals surface area contributed by atoms with Gasteiger partial charge in [0.2, 0.25) is 6.29 Å². The predicted molar refractivity (Wildman–Crippen MR) is 109 cm³/mol. The van der Waals surface area contributed by atoms with Gasteiger partial charge in [-0.15, -0.1) is 0 Å². The van der Waals surface area contributed by atoms with Crippen LogP contribution >= 0.6 is 23.8 Å². The maximum absolute atomic E-state index is 10.6. The minimum Gasteiger partial charge on any atom is -0.462 e. The summed E-state index contributed by atoms with van der Waals surface area (Å²) >= 11 is 10.9. The van der Waals surface area contributed by atoms with E-state index in [9.17, 15) is 15.3 Å². The summed E-state index contributed by atoms with van der Waals surface area (Å²) in [6, 6.07) is 13.5. The van der Waals surface area contributed by atoms with Gasteiger partial charge >= 0.3 is 5.24 Å². The fourth-order valence-corrected chi connectivity index (χ4v) is 3.11. The van der Waals surface area contributed by atoms with Gasteiger partial charge in [0.05, 0.1) is 6.61 Å². The molecule has 7 nitrogen and oxygen atoms in total. The van der Waals surface area contributed by atoms with Crippen LogP contribution in [-0.4, -0.2) is 57.9 Å². The highest BCUT2D eigenvalue weighted by Gasteiger charge is 2.47. The maximum atomic E-state index is 10.6. The van der Waals surface area contributed by atoms with E-state index < -0.39 is 37.3 Å². The van der Waals surface area contributed by atoms with Gasteiger partial charge in [-0.2, -0.15) is 0 Å². The fourth-order valence-electron chi connectivity index (χ4n) is 2.77. The standard InChI is InChI=1S/C20H21ClO7S/c1-11-2-6-14(7-3-11)26-20(29)28-18-16(23)15(10-22)27-19(17(18)24)25-13-8-4-12(21)5-9-13/h2-9,15-19,22-24H,10H2,1H3/t15-,16+,17-,18+,19+/m1/s1. The Balaban J connectivity index is 1.70. The molecule has 1 saturated heterocycles. The molecular weight excluding hydrogens is 420 g/mol. The first kappa shape index (κ1) is 21.8. The van der Waals surface area contributed by atoms with E-state index in [-0.39, 0.29) is 5.24 Å². The van der Waals surface area contributed by atoms with E-state index in [4.69, 9.17) is 42.8 Å². The van der Waals surface area contributed by atoms with Gasteiger partial charge < -0.3 is 34.3 Å². The van der Waals surface area contributed by atoms with Gasteiger partial charge in [-0.1, -0.05) is 29.3 Å². The molecule has 0 amide bonds. The fraction of sp³-hybridized carbons (Fsp3) is 0.350. The lowest BCUT2D eigenvalue weighted by molar-refractivity contribution is -0.275. The van der Waals surface area contributed by atoms with Gasteiger partial charge in [0, 0.05) is 17.2 Å². The summed E-state index contributed by atoms with van der Waals surface area (Å²) in [5.41, 5.74) is 1.05. The van der Waals surface area contributed by atoms with E-state index >= 15 is 0 Å². The quantitative estimate of drug-likeness (QED) is 0.609. The van der Waals surface area contributed by atoms with Crippen molar-refractivity contribution < 1.29 is 34.3 Å². The molecule has 0 radical (unpaired) electrons. The number of thiocarbonyl (C=S) groups is 1. The number of aryl methyl sites for hydroxylation is 1. The molecule has 0 saturated carbocycles. The summed E-state index contributed by atoms with van der Waals surface area (Å²) in [7, 11) is 0. The van der Waals surface area contributed by atoms with Crippen molar-refractivity contribution in [2.45, 2.75) is 37.6 Å². The third kappa shape index (κ3) is 5.57. The average molecular weight is 441 g/mol. The molecule has 0 aromatic heterocycles. The van der Waals surface area contributed by atoms with Gasteiger partial charge in [0.1, 0.15) is 23.7 Å². The number of aliphatic hydroxyl groups is 3. The number of rotatable bonds is 5. The smallest absolute Gasteiger partial charge is 0.358 e. The lowest BCUT2D eigenvalue weighted by Gasteiger charge is -2.41. The molecule has 3 N–H and O–H groups in total. The van der Waals surface area contributed by atoms with Crippen molar-refractivity contribution in [2.75, 3.05) is 6.61 Å². The van der Waals surface area contributed by atoms with Gasteiger partial charge in [-0.05, 0) is 43.3 Å². The van der Waals surface area contributed by atoms with Crippen LogP contribution in [-0.2, 0) is 9.47 Å². The van der Waals surface area contributed by atoms with Crippen molar-refractivity contribution in [1.29, 1.82) is 0 Å². The number of ether oxygens (including phenoxy) is 4. The van der Waals surface area contributed by atoms with E-state index in [1.54, 1.807) is 36.4 Å². The zero-order chi connectivity index (χ0) is 21.0. The van der Waals surface area contributed by atoms with E-state index in [1.165, 1.54) is 0 Å². The summed E-state index contributed by atoms with van der Waals surface area (Å²) in [5, 5.41) is 30.8. The van der Waals surface area contributed by atoms with Crippen molar-refractivity contribution in [3.8, 4) is 11.5 Å². The van der Waals surface area contributed by atoms with Gasteiger partial charge in [0.25, 0.3) is 0 Å². The Morgan fingerprint density at radius 1 is 1.03 bits per heavy atom. The molecule has 0 unspecified atom stereocenters. The molecule has 156 valence electrons. The van der Waals surface area contributed by atoms with E-state index in [0.717, 1.165) is 5.56 Å². The Hall–Kier alpha value is -1.94. The van der Waals surface area contributed by atoms with Gasteiger partial charge in [0.15, 0.2) is 12.2 Å². The summed E-state index contributed by atoms with van der Waals surface area (Å²) in [4.78, 5) is 0. The summed E-state index contributed by atoms with van der Waals surface area (Å²) in [6.07, 6.45) is -6.29. The highest BCUT2D eigenvalue weighted by atomic mass is 35.5. The number of benzene rings is 2. The molecule has 2 aromatic rings. The second-order valence-corrected chi connectivity index (χ2v) is 7.30. The minimum absolute atomic E-state index is 0.291. The molecule has 1 heterocycles. The first-order valence-corrected chi connectivity index (χ1v) is 9.66. The second-order valence-electron chi connectivity index (χ2n) is 6.53. The molecule has 5 atom stereocenters. The molecule has 1 aliphatic heterocycles. The van der Waals surface area contributed by atoms with Crippen LogP contribution in [0.25, 0.3) is 0 Å². The molecule has 1 fully saturated rings. The molecule has 3 rings (SSSR count). The first-order chi connectivity index (χ1) is 13.9. The maximum Gasteiger partial charge on any atom is 0.358 e. The van der Waals surface area contributed by atoms with Crippen LogP contribution in [0.3, 0.4) is 0 Å². The first-order valence-electron chi connectivity index (χ1n) is 8.87. The molecule has 0 spiro atoms. The van der Waals surface area contributed by atoms with Crippen LogP contribution in [0.2, 0.25) is 5.02 Å². The molecular formula is C20H21ClO7S. The van der Waals surface area contributed by atoms with Crippen molar-refractivity contribution in [2.24, 2.45) is 0 Å². The topological polar surface area (TPSA) is 97.6 Å². The Bertz CT molecular complexity index is 815. The van der Waals surface area contributed by atoms with Crippen LogP contribution in [0.1, 0.15) is 5.56 Å². The molecule has 0 aliphatic carbocycles. The Kier molecular flexibility index (Phi) is 7.28. The van der Waals surface area contributed by atoms with Crippen LogP contribution in [0.5, 0.6) is 11.5 Å². The number of aliphatic hydroxyl groups excluding tert-OH is 3. The summed E-state index contributed by atoms with van der Waals surface area (Å²) in [6.45, 7) is 1.42. The largest absolute Gasteiger partial charge is 0.462 e. The monoisotopic (exact) mass is 440 g/mol. The van der Waals surface area contributed by atoms with Crippen LogP contribution < -0.4 is 9.47 Å². The summed E-state index contributed by atoms with van der Waals surface area (Å²) in [5.74, 6) is 0.827. The van der Waals surface area contributed by atoms with E-state index in [1.807, 2.05) is 19.1 Å². The normalized spacial score (nSPS) is 26.6. The third-order valence-corrected chi connectivity index (χ3v) is 4.77.